The average molecular weight is 362 g/mol. The third-order valence-electron chi connectivity index (χ3n) is 2.08. The molecule has 0 saturated heterocycles. The Kier molecular flexibility index (Phi) is 4.96. The molecule has 1 rings (SSSR count). The van der Waals surface area contributed by atoms with Gasteiger partial charge in [-0.3, -0.25) is 0 Å². The highest BCUT2D eigenvalue weighted by Gasteiger charge is 2.25. The summed E-state index contributed by atoms with van der Waals surface area (Å²) in [6.07, 6.45) is 0. The molecular formula is C9H11BrClFN2O3S. The van der Waals surface area contributed by atoms with Crippen molar-refractivity contribution in [2.75, 3.05) is 12.3 Å². The molecule has 0 amide bonds. The fourth-order valence-electron chi connectivity index (χ4n) is 1.16. The molecule has 1 aromatic rings. The third kappa shape index (κ3) is 3.12. The summed E-state index contributed by atoms with van der Waals surface area (Å²) in [5, 5.41) is 8.77. The van der Waals surface area contributed by atoms with E-state index in [1.807, 2.05) is 0 Å². The second-order valence-corrected chi connectivity index (χ2v) is 6.49. The van der Waals surface area contributed by atoms with E-state index in [1.54, 1.807) is 0 Å². The summed E-state index contributed by atoms with van der Waals surface area (Å²) in [6, 6.07) is 0.196. The quantitative estimate of drug-likeness (QED) is 0.559. The number of aliphatic hydroxyl groups excluding tert-OH is 1. The zero-order valence-corrected chi connectivity index (χ0v) is 12.4. The fraction of sp³-hybridized carbons (Fsp3) is 0.333. The van der Waals surface area contributed by atoms with Gasteiger partial charge in [-0.15, -0.1) is 0 Å². The summed E-state index contributed by atoms with van der Waals surface area (Å²) in [5.74, 6) is -1.09. The van der Waals surface area contributed by atoms with E-state index in [2.05, 4.69) is 20.7 Å². The maximum atomic E-state index is 13.8. The summed E-state index contributed by atoms with van der Waals surface area (Å²) in [4.78, 5) is -0.659. The average Bonchev–Trinajstić information content (AvgIpc) is 2.30. The molecule has 0 unspecified atom stereocenters. The number of anilines is 1. The molecule has 18 heavy (non-hydrogen) atoms. The van der Waals surface area contributed by atoms with Crippen molar-refractivity contribution in [1.82, 2.24) is 4.72 Å². The molecule has 5 nitrogen and oxygen atoms in total. The van der Waals surface area contributed by atoms with Gasteiger partial charge in [-0.2, -0.15) is 0 Å². The first-order valence-corrected chi connectivity index (χ1v) is 7.42. The van der Waals surface area contributed by atoms with E-state index >= 15 is 0 Å². The van der Waals surface area contributed by atoms with Crippen LogP contribution >= 0.6 is 27.5 Å². The number of hydrogen-bond acceptors (Lipinski definition) is 4. The van der Waals surface area contributed by atoms with Crippen LogP contribution in [0.3, 0.4) is 0 Å². The maximum Gasteiger partial charge on any atom is 0.243 e. The van der Waals surface area contributed by atoms with E-state index in [0.29, 0.717) is 0 Å². The van der Waals surface area contributed by atoms with Crippen molar-refractivity contribution < 1.29 is 17.9 Å². The zero-order valence-electron chi connectivity index (χ0n) is 9.25. The van der Waals surface area contributed by atoms with Crippen LogP contribution in [0, 0.1) is 5.82 Å². The van der Waals surface area contributed by atoms with E-state index in [4.69, 9.17) is 22.4 Å². The Bertz CT molecular complexity index is 567. The molecular weight excluding hydrogens is 351 g/mol. The zero-order chi connectivity index (χ0) is 14.1. The van der Waals surface area contributed by atoms with E-state index < -0.39 is 33.4 Å². The highest BCUT2D eigenvalue weighted by Crippen LogP contribution is 2.34. The van der Waals surface area contributed by atoms with E-state index in [0.717, 1.165) is 6.07 Å². The molecule has 0 radical (unpaired) electrons. The van der Waals surface area contributed by atoms with Gasteiger partial charge in [0, 0.05) is 6.04 Å². The van der Waals surface area contributed by atoms with Gasteiger partial charge in [-0.05, 0) is 28.9 Å². The Labute approximate surface area is 117 Å². The number of benzene rings is 1. The Morgan fingerprint density at radius 2 is 2.22 bits per heavy atom. The predicted octanol–water partition coefficient (Wildman–Crippen LogP) is 1.48. The van der Waals surface area contributed by atoms with Crippen LogP contribution in [0.1, 0.15) is 6.92 Å². The number of halogens is 3. The van der Waals surface area contributed by atoms with Crippen LogP contribution in [0.2, 0.25) is 5.02 Å². The van der Waals surface area contributed by atoms with Crippen LogP contribution in [0.4, 0.5) is 10.1 Å². The van der Waals surface area contributed by atoms with Gasteiger partial charge in [-0.25, -0.2) is 17.5 Å². The Morgan fingerprint density at radius 3 is 2.72 bits per heavy atom. The molecule has 0 aliphatic rings. The first-order valence-electron chi connectivity index (χ1n) is 4.77. The van der Waals surface area contributed by atoms with Gasteiger partial charge < -0.3 is 10.8 Å². The van der Waals surface area contributed by atoms with Crippen molar-refractivity contribution >= 4 is 43.2 Å². The molecule has 0 aliphatic carbocycles. The van der Waals surface area contributed by atoms with Gasteiger partial charge in [0.2, 0.25) is 10.0 Å². The maximum absolute atomic E-state index is 13.8. The summed E-state index contributed by atoms with van der Waals surface area (Å²) in [7, 11) is -4.13. The Morgan fingerprint density at radius 1 is 1.67 bits per heavy atom. The molecule has 9 heteroatoms. The van der Waals surface area contributed by atoms with E-state index in [1.165, 1.54) is 6.92 Å². The predicted molar refractivity (Wildman–Crippen MR) is 70.4 cm³/mol. The first-order chi connectivity index (χ1) is 8.20. The number of nitrogens with one attached hydrogen (secondary N) is 1. The number of nitrogens with two attached hydrogens (primary N) is 1. The van der Waals surface area contributed by atoms with Crippen molar-refractivity contribution in [3.8, 4) is 0 Å². The fourth-order valence-corrected chi connectivity index (χ4v) is 3.07. The molecule has 102 valence electrons. The van der Waals surface area contributed by atoms with Crippen molar-refractivity contribution in [2.24, 2.45) is 0 Å². The third-order valence-corrected chi connectivity index (χ3v) is 5.05. The first kappa shape index (κ1) is 15.6. The number of nitrogen functional groups attached to an aromatic ring is 1. The highest BCUT2D eigenvalue weighted by atomic mass is 79.9. The lowest BCUT2D eigenvalue weighted by molar-refractivity contribution is 0.265. The molecule has 0 heterocycles. The van der Waals surface area contributed by atoms with Gasteiger partial charge in [0.1, 0.15) is 4.90 Å². The summed E-state index contributed by atoms with van der Waals surface area (Å²) in [6.45, 7) is 1.01. The van der Waals surface area contributed by atoms with Gasteiger partial charge >= 0.3 is 0 Å². The lowest BCUT2D eigenvalue weighted by atomic mass is 10.3. The van der Waals surface area contributed by atoms with Gasteiger partial charge in [0.25, 0.3) is 0 Å². The lowest BCUT2D eigenvalue weighted by Gasteiger charge is -2.14. The smallest absolute Gasteiger partial charge is 0.243 e. The summed E-state index contributed by atoms with van der Waals surface area (Å²) < 4.78 is 39.7. The number of rotatable bonds is 4. The van der Waals surface area contributed by atoms with Gasteiger partial charge in [0.15, 0.2) is 5.82 Å². The van der Waals surface area contributed by atoms with Gasteiger partial charge in [-0.1, -0.05) is 11.6 Å². The van der Waals surface area contributed by atoms with Crippen LogP contribution in [-0.2, 0) is 10.0 Å². The molecule has 0 aromatic heterocycles. The standard InChI is InChI=1S/C9H11BrClFN2O3S/c1-4(3-15)14-18(16,17)6-2-5(11)7(10)9(13)8(6)12/h2,4,14-15H,3,13H2,1H3/t4-/m1/s1. The molecule has 1 atom stereocenters. The molecule has 4 N–H and O–H groups in total. The largest absolute Gasteiger partial charge is 0.395 e. The van der Waals surface area contributed by atoms with Crippen molar-refractivity contribution in [2.45, 2.75) is 17.9 Å². The van der Waals surface area contributed by atoms with Crippen molar-refractivity contribution in [3.63, 3.8) is 0 Å². The van der Waals surface area contributed by atoms with Crippen LogP contribution in [-0.4, -0.2) is 26.2 Å². The van der Waals surface area contributed by atoms with Crippen LogP contribution in [0.5, 0.6) is 0 Å². The SMILES string of the molecule is C[C@H](CO)NS(=O)(=O)c1cc(Cl)c(Br)c(N)c1F. The van der Waals surface area contributed by atoms with E-state index in [9.17, 15) is 12.8 Å². The number of aliphatic hydroxyl groups is 1. The normalized spacial score (nSPS) is 13.6. The number of hydrogen-bond donors (Lipinski definition) is 3. The second kappa shape index (κ2) is 5.70. The molecule has 0 aliphatic heterocycles. The monoisotopic (exact) mass is 360 g/mol. The van der Waals surface area contributed by atoms with Crippen LogP contribution < -0.4 is 10.5 Å². The minimum atomic E-state index is -4.13. The molecule has 0 saturated carbocycles. The summed E-state index contributed by atoms with van der Waals surface area (Å²) >= 11 is 8.68. The minimum Gasteiger partial charge on any atom is -0.395 e. The Hall–Kier alpha value is -0.410. The molecule has 1 aromatic carbocycles. The molecule has 0 fully saturated rings. The van der Waals surface area contributed by atoms with Gasteiger partial charge in [0.05, 0.1) is 21.8 Å². The van der Waals surface area contributed by atoms with E-state index in [-0.39, 0.29) is 15.2 Å². The minimum absolute atomic E-state index is 0.0223. The number of sulfonamides is 1. The van der Waals surface area contributed by atoms with Crippen LogP contribution in [0.15, 0.2) is 15.4 Å². The van der Waals surface area contributed by atoms with Crippen molar-refractivity contribution in [3.05, 3.63) is 21.4 Å². The Balaban J connectivity index is 3.34. The summed E-state index contributed by atoms with van der Waals surface area (Å²) in [5.41, 5.74) is 5.01. The van der Waals surface area contributed by atoms with Crippen LogP contribution in [0.25, 0.3) is 0 Å². The molecule has 0 spiro atoms. The second-order valence-electron chi connectivity index (χ2n) is 3.60. The van der Waals surface area contributed by atoms with Crippen molar-refractivity contribution in [1.29, 1.82) is 0 Å². The molecule has 0 bridgehead atoms. The highest BCUT2D eigenvalue weighted by molar-refractivity contribution is 9.10. The lowest BCUT2D eigenvalue weighted by Crippen LogP contribution is -2.35. The topological polar surface area (TPSA) is 92.4 Å².